The van der Waals surface area contributed by atoms with Gasteiger partial charge in [0, 0.05) is 36.6 Å². The smallest absolute Gasteiger partial charge is 0.252 e. The van der Waals surface area contributed by atoms with E-state index in [-0.39, 0.29) is 23.9 Å². The van der Waals surface area contributed by atoms with Crippen LogP contribution in [0.25, 0.3) is 5.65 Å². The fraction of sp³-hybridized carbons (Fsp3) is 0.421. The largest absolute Gasteiger partial charge is 0.350 e. The molecule has 0 spiro atoms. The van der Waals surface area contributed by atoms with E-state index in [1.54, 1.807) is 28.4 Å². The van der Waals surface area contributed by atoms with Crippen molar-refractivity contribution >= 4 is 28.8 Å². The molecule has 1 saturated heterocycles. The van der Waals surface area contributed by atoms with E-state index in [0.29, 0.717) is 30.7 Å². The van der Waals surface area contributed by atoms with Gasteiger partial charge in [-0.1, -0.05) is 0 Å². The van der Waals surface area contributed by atoms with Gasteiger partial charge >= 0.3 is 0 Å². The summed E-state index contributed by atoms with van der Waals surface area (Å²) in [4.78, 5) is 35.2. The number of amides is 2. The van der Waals surface area contributed by atoms with Crippen molar-refractivity contribution in [3.05, 3.63) is 46.8 Å². The number of hydrogen-bond donors (Lipinski definition) is 2. The van der Waals surface area contributed by atoms with Crippen LogP contribution >= 0.6 is 11.3 Å². The Bertz CT molecular complexity index is 988. The number of nitrogens with zero attached hydrogens (tertiary/aromatic N) is 5. The topological polar surface area (TPSA) is 105 Å². The van der Waals surface area contributed by atoms with E-state index in [4.69, 9.17) is 0 Å². The Hall–Kier alpha value is -2.85. The molecule has 0 aliphatic carbocycles. The van der Waals surface area contributed by atoms with Crippen LogP contribution in [0.5, 0.6) is 0 Å². The van der Waals surface area contributed by atoms with Crippen LogP contribution in [0.1, 0.15) is 35.3 Å². The molecule has 4 rings (SSSR count). The van der Waals surface area contributed by atoms with Gasteiger partial charge in [0.15, 0.2) is 5.65 Å². The highest BCUT2D eigenvalue weighted by atomic mass is 32.1. The molecule has 10 heteroatoms. The Kier molecular flexibility index (Phi) is 5.81. The van der Waals surface area contributed by atoms with Crippen LogP contribution in [0.4, 0.5) is 0 Å². The predicted octanol–water partition coefficient (Wildman–Crippen LogP) is 1.08. The summed E-state index contributed by atoms with van der Waals surface area (Å²) in [6, 6.07) is 3.90. The number of carbonyl (C=O) groups is 2. The molecule has 152 valence electrons. The Balaban J connectivity index is 1.24. The number of aromatic nitrogens is 4. The number of likely N-dealkylation sites (tertiary alicyclic amines) is 1. The van der Waals surface area contributed by atoms with Gasteiger partial charge in [-0.3, -0.25) is 14.5 Å². The van der Waals surface area contributed by atoms with Crippen molar-refractivity contribution in [2.45, 2.75) is 37.9 Å². The number of hydrogen-bond acceptors (Lipinski definition) is 7. The maximum atomic E-state index is 12.5. The molecule has 0 aromatic carbocycles. The third-order valence-electron chi connectivity index (χ3n) is 5.39. The van der Waals surface area contributed by atoms with Crippen molar-refractivity contribution in [1.29, 1.82) is 0 Å². The summed E-state index contributed by atoms with van der Waals surface area (Å²) in [5, 5.41) is 11.9. The van der Waals surface area contributed by atoms with Crippen LogP contribution in [0.15, 0.2) is 35.5 Å². The van der Waals surface area contributed by atoms with E-state index < -0.39 is 0 Å². The van der Waals surface area contributed by atoms with Crippen molar-refractivity contribution in [1.82, 2.24) is 35.1 Å². The second kappa shape index (κ2) is 8.66. The van der Waals surface area contributed by atoms with Crippen LogP contribution in [0.3, 0.4) is 0 Å². The van der Waals surface area contributed by atoms with Gasteiger partial charge < -0.3 is 10.6 Å². The summed E-state index contributed by atoms with van der Waals surface area (Å²) in [5.74, 6) is -0.110. The maximum Gasteiger partial charge on any atom is 0.252 e. The van der Waals surface area contributed by atoms with Gasteiger partial charge in [0.05, 0.1) is 23.3 Å². The van der Waals surface area contributed by atoms with Crippen molar-refractivity contribution in [3.63, 3.8) is 0 Å². The van der Waals surface area contributed by atoms with E-state index in [0.717, 1.165) is 18.5 Å². The zero-order valence-corrected chi connectivity index (χ0v) is 16.9. The number of thiazole rings is 1. The molecule has 3 aromatic rings. The third kappa shape index (κ3) is 4.60. The van der Waals surface area contributed by atoms with Gasteiger partial charge in [0.1, 0.15) is 6.33 Å². The van der Waals surface area contributed by atoms with Crippen molar-refractivity contribution in [2.75, 3.05) is 13.6 Å². The molecule has 29 heavy (non-hydrogen) atoms. The summed E-state index contributed by atoms with van der Waals surface area (Å²) in [5.41, 5.74) is 3.89. The molecule has 4 heterocycles. The van der Waals surface area contributed by atoms with Gasteiger partial charge in [-0.15, -0.1) is 11.3 Å². The minimum Gasteiger partial charge on any atom is -0.350 e. The van der Waals surface area contributed by atoms with Crippen LogP contribution in [-0.2, 0) is 11.3 Å². The Morgan fingerprint density at radius 3 is 2.90 bits per heavy atom. The highest BCUT2D eigenvalue weighted by molar-refractivity contribution is 7.07. The fourth-order valence-corrected chi connectivity index (χ4v) is 4.20. The van der Waals surface area contributed by atoms with Gasteiger partial charge in [-0.2, -0.15) is 5.10 Å². The molecule has 1 aliphatic heterocycles. The molecular weight excluding hydrogens is 390 g/mol. The molecule has 0 radical (unpaired) electrons. The summed E-state index contributed by atoms with van der Waals surface area (Å²) >= 11 is 1.52. The van der Waals surface area contributed by atoms with E-state index in [2.05, 4.69) is 30.6 Å². The third-order valence-corrected chi connectivity index (χ3v) is 6.03. The molecule has 2 amide bonds. The molecule has 1 aliphatic rings. The number of pyridine rings is 1. The van der Waals surface area contributed by atoms with E-state index >= 15 is 0 Å². The quantitative estimate of drug-likeness (QED) is 0.601. The Morgan fingerprint density at radius 1 is 1.21 bits per heavy atom. The standard InChI is InChI=1S/C19H23N7O2S/c1-25-15(6-18(27)20-7-14-10-29-12-23-14)3-4-16(25)8-21-19(28)13-2-5-17-22-11-24-26(17)9-13/h2,5,9-12,15-16H,3-4,6-8H2,1H3,(H,20,27)(H,21,28)/t15-,16+/m1/s1. The minimum absolute atomic E-state index is 0.0284. The van der Waals surface area contributed by atoms with Gasteiger partial charge in [-0.05, 0) is 32.0 Å². The number of carbonyl (C=O) groups excluding carboxylic acids is 2. The molecule has 9 nitrogen and oxygen atoms in total. The summed E-state index contributed by atoms with van der Waals surface area (Å²) in [6.45, 7) is 1.01. The first-order valence-corrected chi connectivity index (χ1v) is 10.5. The molecule has 2 atom stereocenters. The van der Waals surface area contributed by atoms with Gasteiger partial charge in [0.25, 0.3) is 5.91 Å². The summed E-state index contributed by atoms with van der Waals surface area (Å²) in [6.07, 6.45) is 5.46. The van der Waals surface area contributed by atoms with Crippen LogP contribution in [0, 0.1) is 0 Å². The average Bonchev–Trinajstić information content (AvgIpc) is 3.47. The van der Waals surface area contributed by atoms with Crippen molar-refractivity contribution in [3.8, 4) is 0 Å². The molecule has 0 bridgehead atoms. The zero-order valence-electron chi connectivity index (χ0n) is 16.1. The molecular formula is C19H23N7O2S. The van der Waals surface area contributed by atoms with Crippen molar-refractivity contribution in [2.24, 2.45) is 0 Å². The lowest BCUT2D eigenvalue weighted by atomic mass is 10.1. The first kappa shape index (κ1) is 19.5. The highest BCUT2D eigenvalue weighted by Gasteiger charge is 2.31. The maximum absolute atomic E-state index is 12.5. The lowest BCUT2D eigenvalue weighted by Crippen LogP contribution is -2.42. The van der Waals surface area contributed by atoms with E-state index in [1.165, 1.54) is 17.7 Å². The normalized spacial score (nSPS) is 19.5. The van der Waals surface area contributed by atoms with Crippen LogP contribution in [0.2, 0.25) is 0 Å². The Labute approximate surface area is 172 Å². The van der Waals surface area contributed by atoms with Crippen LogP contribution < -0.4 is 10.6 Å². The van der Waals surface area contributed by atoms with Crippen molar-refractivity contribution < 1.29 is 9.59 Å². The first-order chi connectivity index (χ1) is 14.1. The van der Waals surface area contributed by atoms with E-state index in [1.807, 2.05) is 12.4 Å². The Morgan fingerprint density at radius 2 is 2.07 bits per heavy atom. The predicted molar refractivity (Wildman–Crippen MR) is 108 cm³/mol. The van der Waals surface area contributed by atoms with Gasteiger partial charge in [-0.25, -0.2) is 14.5 Å². The van der Waals surface area contributed by atoms with E-state index in [9.17, 15) is 9.59 Å². The fourth-order valence-electron chi connectivity index (χ4n) is 3.65. The number of likely N-dealkylation sites (N-methyl/N-ethyl adjacent to an activating group) is 1. The van der Waals surface area contributed by atoms with Crippen LogP contribution in [-0.4, -0.2) is 62.0 Å². The van der Waals surface area contributed by atoms with Gasteiger partial charge in [0.2, 0.25) is 5.91 Å². The lowest BCUT2D eigenvalue weighted by molar-refractivity contribution is -0.122. The molecule has 3 aromatic heterocycles. The molecule has 2 N–H and O–H groups in total. The lowest BCUT2D eigenvalue weighted by Gasteiger charge is -2.25. The highest BCUT2D eigenvalue weighted by Crippen LogP contribution is 2.24. The number of rotatable bonds is 7. The molecule has 0 unspecified atom stereocenters. The molecule has 0 saturated carbocycles. The SMILES string of the molecule is CN1[C@@H](CC(=O)NCc2cscn2)CC[C@H]1CNC(=O)c1ccc2ncnn2c1. The second-order valence-electron chi connectivity index (χ2n) is 7.20. The zero-order chi connectivity index (χ0) is 20.2. The first-order valence-electron chi connectivity index (χ1n) is 9.53. The second-order valence-corrected chi connectivity index (χ2v) is 7.92. The number of nitrogens with one attached hydrogen (secondary N) is 2. The average molecular weight is 414 g/mol. The summed E-state index contributed by atoms with van der Waals surface area (Å²) < 4.78 is 1.58. The number of fused-ring (bicyclic) bond motifs is 1. The summed E-state index contributed by atoms with van der Waals surface area (Å²) in [7, 11) is 2.02. The molecule has 1 fully saturated rings. The minimum atomic E-state index is -0.139. The monoisotopic (exact) mass is 413 g/mol.